The maximum Gasteiger partial charge on any atom is 0.327 e. The number of rotatable bonds is 5. The fraction of sp³-hybridized carbons (Fsp3) is 0.474. The van der Waals surface area contributed by atoms with Crippen molar-refractivity contribution in [1.82, 2.24) is 15.0 Å². The van der Waals surface area contributed by atoms with Gasteiger partial charge in [0.2, 0.25) is 5.76 Å². The second kappa shape index (κ2) is 7.14. The van der Waals surface area contributed by atoms with Crippen molar-refractivity contribution in [2.24, 2.45) is 0 Å². The number of urea groups is 1. The normalized spacial score (nSPS) is 18.9. The highest BCUT2D eigenvalue weighted by molar-refractivity contribution is 6.08. The van der Waals surface area contributed by atoms with Gasteiger partial charge in [-0.2, -0.15) is 0 Å². The molecule has 1 spiro atoms. The molecule has 9 nitrogen and oxygen atoms in total. The van der Waals surface area contributed by atoms with Crippen LogP contribution in [-0.4, -0.2) is 52.0 Å². The molecule has 0 aromatic carbocycles. The highest BCUT2D eigenvalue weighted by atomic mass is 16.5. The van der Waals surface area contributed by atoms with E-state index in [4.69, 9.17) is 13.7 Å². The van der Waals surface area contributed by atoms with Crippen LogP contribution in [0, 0.1) is 0 Å². The lowest BCUT2D eigenvalue weighted by molar-refractivity contribution is -0.149. The Labute approximate surface area is 161 Å². The van der Waals surface area contributed by atoms with Gasteiger partial charge in [-0.25, -0.2) is 4.79 Å². The third kappa shape index (κ3) is 3.06. The highest BCUT2D eigenvalue weighted by Gasteiger charge is 2.55. The Bertz CT molecular complexity index is 881. The fourth-order valence-electron chi connectivity index (χ4n) is 3.91. The number of furan rings is 1. The molecule has 0 unspecified atom stereocenters. The molecule has 3 heterocycles. The van der Waals surface area contributed by atoms with E-state index in [0.717, 1.165) is 24.2 Å². The van der Waals surface area contributed by atoms with Gasteiger partial charge in [-0.1, -0.05) is 24.4 Å². The van der Waals surface area contributed by atoms with E-state index in [9.17, 15) is 14.4 Å². The number of carbonyl (C=O) groups excluding carboxylic acids is 3. The minimum absolute atomic E-state index is 0.125. The minimum Gasteiger partial charge on any atom is -0.461 e. The van der Waals surface area contributed by atoms with Gasteiger partial charge in [-0.3, -0.25) is 14.5 Å². The number of carbonyl (C=O) groups is 3. The van der Waals surface area contributed by atoms with Gasteiger partial charge in [-0.05, 0) is 25.0 Å². The number of nitrogens with zero attached hydrogens (tertiary/aromatic N) is 3. The maximum absolute atomic E-state index is 12.9. The van der Waals surface area contributed by atoms with Crippen LogP contribution in [0.2, 0.25) is 0 Å². The minimum atomic E-state index is -0.806. The first-order valence-corrected chi connectivity index (χ1v) is 9.26. The van der Waals surface area contributed by atoms with Crippen molar-refractivity contribution < 1.29 is 28.1 Å². The second-order valence-corrected chi connectivity index (χ2v) is 7.15. The first-order chi connectivity index (χ1) is 13.5. The van der Waals surface area contributed by atoms with Crippen LogP contribution >= 0.6 is 0 Å². The molecular formula is C19H21N3O6. The summed E-state index contributed by atoms with van der Waals surface area (Å²) in [6.45, 7) is -0.535. The number of hydrogen-bond donors (Lipinski definition) is 0. The van der Waals surface area contributed by atoms with Crippen molar-refractivity contribution in [2.45, 2.75) is 44.2 Å². The van der Waals surface area contributed by atoms with Crippen LogP contribution in [0.4, 0.5) is 4.79 Å². The van der Waals surface area contributed by atoms with Crippen LogP contribution in [-0.2, 0) is 20.9 Å². The summed E-state index contributed by atoms with van der Waals surface area (Å²) in [6, 6.07) is 4.59. The summed E-state index contributed by atoms with van der Waals surface area (Å²) < 4.78 is 15.5. The van der Waals surface area contributed by atoms with E-state index < -0.39 is 24.1 Å². The van der Waals surface area contributed by atoms with Gasteiger partial charge >= 0.3 is 12.0 Å². The molecule has 1 saturated heterocycles. The Morgan fingerprint density at radius 3 is 2.75 bits per heavy atom. The summed E-state index contributed by atoms with van der Waals surface area (Å²) in [5, 5.41) is 3.82. The zero-order chi connectivity index (χ0) is 19.7. The zero-order valence-corrected chi connectivity index (χ0v) is 15.6. The van der Waals surface area contributed by atoms with Crippen molar-refractivity contribution in [2.75, 3.05) is 13.6 Å². The lowest BCUT2D eigenvalue weighted by Crippen LogP contribution is -2.49. The van der Waals surface area contributed by atoms with Gasteiger partial charge in [0.1, 0.15) is 24.4 Å². The number of esters is 1. The van der Waals surface area contributed by atoms with E-state index in [2.05, 4.69) is 5.16 Å². The Hall–Kier alpha value is -3.10. The molecule has 1 aliphatic carbocycles. The van der Waals surface area contributed by atoms with Gasteiger partial charge in [-0.15, -0.1) is 0 Å². The van der Waals surface area contributed by atoms with Gasteiger partial charge in [0.25, 0.3) is 5.91 Å². The quantitative estimate of drug-likeness (QED) is 0.573. The monoisotopic (exact) mass is 387 g/mol. The average Bonchev–Trinajstić information content (AvgIpc) is 3.43. The molecule has 4 rings (SSSR count). The molecule has 0 bridgehead atoms. The Balaban J connectivity index is 1.36. The van der Waals surface area contributed by atoms with Crippen molar-refractivity contribution in [1.29, 1.82) is 0 Å². The van der Waals surface area contributed by atoms with Crippen molar-refractivity contribution in [3.8, 4) is 11.5 Å². The number of amides is 3. The molecule has 9 heteroatoms. The number of likely N-dealkylation sites (N-methyl/N-ethyl adjacent to an activating group) is 1. The molecule has 148 valence electrons. The van der Waals surface area contributed by atoms with Crippen LogP contribution in [0.5, 0.6) is 0 Å². The molecule has 0 atom stereocenters. The number of hydrogen-bond acceptors (Lipinski definition) is 7. The highest BCUT2D eigenvalue weighted by Crippen LogP contribution is 2.39. The Morgan fingerprint density at radius 1 is 1.25 bits per heavy atom. The Kier molecular flexibility index (Phi) is 4.66. The number of aromatic nitrogens is 1. The largest absolute Gasteiger partial charge is 0.461 e. The van der Waals surface area contributed by atoms with E-state index in [1.165, 1.54) is 11.2 Å². The summed E-state index contributed by atoms with van der Waals surface area (Å²) in [4.78, 5) is 40.1. The van der Waals surface area contributed by atoms with E-state index in [1.807, 2.05) is 0 Å². The third-order valence-corrected chi connectivity index (χ3v) is 5.48. The summed E-state index contributed by atoms with van der Waals surface area (Å²) in [7, 11) is 1.63. The van der Waals surface area contributed by atoms with E-state index >= 15 is 0 Å². The van der Waals surface area contributed by atoms with Crippen LogP contribution in [0.15, 0.2) is 33.4 Å². The topological polar surface area (TPSA) is 106 Å². The Morgan fingerprint density at radius 2 is 2.04 bits per heavy atom. The predicted octanol–water partition coefficient (Wildman–Crippen LogP) is 2.57. The predicted molar refractivity (Wildman–Crippen MR) is 94.7 cm³/mol. The van der Waals surface area contributed by atoms with Gasteiger partial charge in [0.15, 0.2) is 5.76 Å². The van der Waals surface area contributed by atoms with Crippen LogP contribution < -0.4 is 0 Å². The molecule has 2 aliphatic rings. The number of imide groups is 1. The fourth-order valence-corrected chi connectivity index (χ4v) is 3.91. The standard InChI is InChI=1S/C19H21N3O6/c1-21-18(25)22(17(24)19(21)7-3-2-4-8-19)11-16(23)27-12-13-10-15(28-20-13)14-6-5-9-26-14/h5-6,9-10H,2-4,7-8,11-12H2,1H3. The molecule has 2 fully saturated rings. The molecule has 1 aliphatic heterocycles. The molecule has 28 heavy (non-hydrogen) atoms. The third-order valence-electron chi connectivity index (χ3n) is 5.48. The summed E-state index contributed by atoms with van der Waals surface area (Å²) >= 11 is 0. The molecule has 2 aromatic heterocycles. The SMILES string of the molecule is CN1C(=O)N(CC(=O)OCc2cc(-c3ccco3)on2)C(=O)C12CCCCC2. The van der Waals surface area contributed by atoms with E-state index in [1.54, 1.807) is 25.2 Å². The lowest BCUT2D eigenvalue weighted by Gasteiger charge is -2.35. The van der Waals surface area contributed by atoms with Crippen LogP contribution in [0.25, 0.3) is 11.5 Å². The average molecular weight is 387 g/mol. The maximum atomic E-state index is 12.9. The van der Waals surface area contributed by atoms with Gasteiger partial charge in [0, 0.05) is 13.1 Å². The van der Waals surface area contributed by atoms with E-state index in [0.29, 0.717) is 30.1 Å². The molecular weight excluding hydrogens is 366 g/mol. The first kappa shape index (κ1) is 18.3. The van der Waals surface area contributed by atoms with Crippen LogP contribution in [0.3, 0.4) is 0 Å². The van der Waals surface area contributed by atoms with Gasteiger partial charge < -0.3 is 18.6 Å². The molecule has 0 radical (unpaired) electrons. The molecule has 3 amide bonds. The van der Waals surface area contributed by atoms with E-state index in [-0.39, 0.29) is 12.5 Å². The first-order valence-electron chi connectivity index (χ1n) is 9.26. The smallest absolute Gasteiger partial charge is 0.327 e. The summed E-state index contributed by atoms with van der Waals surface area (Å²) in [5.74, 6) is -0.0512. The zero-order valence-electron chi connectivity index (χ0n) is 15.6. The number of ether oxygens (including phenoxy) is 1. The van der Waals surface area contributed by atoms with Crippen molar-refractivity contribution in [3.63, 3.8) is 0 Å². The van der Waals surface area contributed by atoms with Gasteiger partial charge in [0.05, 0.1) is 6.26 Å². The molecule has 1 saturated carbocycles. The summed E-state index contributed by atoms with van der Waals surface area (Å²) in [5.41, 5.74) is -0.403. The molecule has 0 N–H and O–H groups in total. The van der Waals surface area contributed by atoms with Crippen molar-refractivity contribution in [3.05, 3.63) is 30.2 Å². The summed E-state index contributed by atoms with van der Waals surface area (Å²) in [6.07, 6.45) is 5.62. The lowest BCUT2D eigenvalue weighted by atomic mass is 9.81. The van der Waals surface area contributed by atoms with Crippen molar-refractivity contribution >= 4 is 17.9 Å². The molecule has 2 aromatic rings. The second-order valence-electron chi connectivity index (χ2n) is 7.15. The van der Waals surface area contributed by atoms with Crippen LogP contribution in [0.1, 0.15) is 37.8 Å².